The van der Waals surface area contributed by atoms with Crippen LogP contribution in [0.15, 0.2) is 36.7 Å². The van der Waals surface area contributed by atoms with Gasteiger partial charge in [0.1, 0.15) is 5.82 Å². The summed E-state index contributed by atoms with van der Waals surface area (Å²) in [5, 5.41) is 5.72. The second-order valence-corrected chi connectivity index (χ2v) is 5.03. The number of benzene rings is 1. The lowest BCUT2D eigenvalue weighted by Gasteiger charge is -2.08. The molecule has 2 rings (SSSR count). The van der Waals surface area contributed by atoms with E-state index < -0.39 is 0 Å². The van der Waals surface area contributed by atoms with Gasteiger partial charge >= 0.3 is 0 Å². The molecule has 2 aromatic rings. The molecule has 21 heavy (non-hydrogen) atoms. The Morgan fingerprint density at radius 1 is 1.19 bits per heavy atom. The van der Waals surface area contributed by atoms with Crippen LogP contribution in [-0.4, -0.2) is 22.4 Å². The molecule has 0 aliphatic heterocycles. The van der Waals surface area contributed by atoms with Crippen LogP contribution in [0.4, 0.5) is 16.0 Å². The summed E-state index contributed by atoms with van der Waals surface area (Å²) in [5.74, 6) is 0.229. The monoisotopic (exact) mass is 288 g/mol. The van der Waals surface area contributed by atoms with Crippen LogP contribution in [0, 0.1) is 11.7 Å². The number of amides is 1. The van der Waals surface area contributed by atoms with Crippen LogP contribution in [0.2, 0.25) is 0 Å². The number of nitrogens with zero attached hydrogens (tertiary/aromatic N) is 2. The van der Waals surface area contributed by atoms with Crippen molar-refractivity contribution < 1.29 is 9.18 Å². The van der Waals surface area contributed by atoms with Crippen LogP contribution in [-0.2, 0) is 0 Å². The van der Waals surface area contributed by atoms with Crippen LogP contribution in [0.3, 0.4) is 0 Å². The van der Waals surface area contributed by atoms with E-state index in [0.29, 0.717) is 29.7 Å². The van der Waals surface area contributed by atoms with Crippen LogP contribution in [0.1, 0.15) is 24.2 Å². The van der Waals surface area contributed by atoms with E-state index in [9.17, 15) is 9.18 Å². The first-order valence-corrected chi connectivity index (χ1v) is 6.67. The average Bonchev–Trinajstić information content (AvgIpc) is 2.48. The first-order valence-electron chi connectivity index (χ1n) is 6.67. The van der Waals surface area contributed by atoms with Crippen LogP contribution in [0.25, 0.3) is 0 Å². The van der Waals surface area contributed by atoms with Gasteiger partial charge in [0.2, 0.25) is 5.95 Å². The van der Waals surface area contributed by atoms with Gasteiger partial charge in [0.25, 0.3) is 5.91 Å². The fourth-order valence-electron chi connectivity index (χ4n) is 1.57. The van der Waals surface area contributed by atoms with Gasteiger partial charge in [-0.05, 0) is 30.2 Å². The first-order chi connectivity index (χ1) is 10.0. The molecule has 0 saturated heterocycles. The molecule has 1 aromatic heterocycles. The molecular formula is C15H17FN4O. The van der Waals surface area contributed by atoms with Gasteiger partial charge in [0, 0.05) is 24.6 Å². The van der Waals surface area contributed by atoms with E-state index in [1.165, 1.54) is 24.5 Å². The summed E-state index contributed by atoms with van der Waals surface area (Å²) < 4.78 is 12.8. The third kappa shape index (κ3) is 4.52. The molecule has 0 atom stereocenters. The molecule has 2 N–H and O–H groups in total. The van der Waals surface area contributed by atoms with E-state index in [1.54, 1.807) is 12.1 Å². The van der Waals surface area contributed by atoms with Gasteiger partial charge in [-0.15, -0.1) is 0 Å². The minimum atomic E-state index is -0.307. The van der Waals surface area contributed by atoms with E-state index in [-0.39, 0.29) is 11.7 Å². The Morgan fingerprint density at radius 3 is 2.38 bits per heavy atom. The van der Waals surface area contributed by atoms with Gasteiger partial charge in [-0.2, -0.15) is 0 Å². The number of halogens is 1. The molecule has 0 saturated carbocycles. The Labute approximate surface area is 122 Å². The van der Waals surface area contributed by atoms with Crippen LogP contribution < -0.4 is 10.6 Å². The summed E-state index contributed by atoms with van der Waals surface area (Å²) in [4.78, 5) is 19.9. The van der Waals surface area contributed by atoms with E-state index in [0.717, 1.165) is 0 Å². The Balaban J connectivity index is 1.98. The number of carbonyl (C=O) groups is 1. The molecule has 6 heteroatoms. The number of hydrogen-bond donors (Lipinski definition) is 2. The third-order valence-corrected chi connectivity index (χ3v) is 2.69. The molecule has 1 aromatic carbocycles. The van der Waals surface area contributed by atoms with Gasteiger partial charge in [-0.1, -0.05) is 13.8 Å². The Hall–Kier alpha value is -2.50. The zero-order chi connectivity index (χ0) is 15.2. The molecule has 110 valence electrons. The highest BCUT2D eigenvalue weighted by atomic mass is 19.1. The maximum absolute atomic E-state index is 12.8. The zero-order valence-corrected chi connectivity index (χ0v) is 11.9. The first kappa shape index (κ1) is 14.9. The lowest BCUT2D eigenvalue weighted by atomic mass is 10.2. The predicted molar refractivity (Wildman–Crippen MR) is 78.9 cm³/mol. The molecule has 0 aliphatic carbocycles. The lowest BCUT2D eigenvalue weighted by Crippen LogP contribution is -2.27. The van der Waals surface area contributed by atoms with Crippen molar-refractivity contribution in [3.05, 3.63) is 48.0 Å². The Morgan fingerprint density at radius 2 is 1.81 bits per heavy atom. The molecule has 0 spiro atoms. The van der Waals surface area contributed by atoms with Gasteiger partial charge in [-0.25, -0.2) is 14.4 Å². The van der Waals surface area contributed by atoms with Gasteiger partial charge in [0.05, 0.1) is 5.56 Å². The quantitative estimate of drug-likeness (QED) is 0.887. The Bertz CT molecular complexity index is 596. The summed E-state index contributed by atoms with van der Waals surface area (Å²) >= 11 is 0. The number of hydrogen-bond acceptors (Lipinski definition) is 4. The molecule has 1 heterocycles. The number of rotatable bonds is 5. The normalized spacial score (nSPS) is 10.5. The van der Waals surface area contributed by atoms with Crippen LogP contribution >= 0.6 is 0 Å². The van der Waals surface area contributed by atoms with Crippen molar-refractivity contribution in [2.24, 2.45) is 5.92 Å². The largest absolute Gasteiger partial charge is 0.352 e. The van der Waals surface area contributed by atoms with Gasteiger partial charge < -0.3 is 10.6 Å². The van der Waals surface area contributed by atoms with E-state index in [1.807, 2.05) is 13.8 Å². The third-order valence-electron chi connectivity index (χ3n) is 2.69. The van der Waals surface area contributed by atoms with Crippen LogP contribution in [0.5, 0.6) is 0 Å². The summed E-state index contributed by atoms with van der Waals surface area (Å²) in [5.41, 5.74) is 1.08. The minimum Gasteiger partial charge on any atom is -0.352 e. The van der Waals surface area contributed by atoms with Crippen molar-refractivity contribution in [1.82, 2.24) is 15.3 Å². The highest BCUT2D eigenvalue weighted by Gasteiger charge is 2.07. The number of nitrogens with one attached hydrogen (secondary N) is 2. The number of carbonyl (C=O) groups excluding carboxylic acids is 1. The van der Waals surface area contributed by atoms with Crippen molar-refractivity contribution in [1.29, 1.82) is 0 Å². The number of aromatic nitrogens is 2. The smallest absolute Gasteiger partial charge is 0.254 e. The van der Waals surface area contributed by atoms with Crippen molar-refractivity contribution in [2.45, 2.75) is 13.8 Å². The predicted octanol–water partition coefficient (Wildman–Crippen LogP) is 2.75. The SMILES string of the molecule is CC(C)CNC(=O)c1cnc(Nc2ccc(F)cc2)nc1. The van der Waals surface area contributed by atoms with Crippen molar-refractivity contribution in [3.63, 3.8) is 0 Å². The van der Waals surface area contributed by atoms with Crippen molar-refractivity contribution >= 4 is 17.5 Å². The maximum Gasteiger partial charge on any atom is 0.254 e. The van der Waals surface area contributed by atoms with Crippen molar-refractivity contribution in [2.75, 3.05) is 11.9 Å². The summed E-state index contributed by atoms with van der Waals surface area (Å²) in [7, 11) is 0. The highest BCUT2D eigenvalue weighted by molar-refractivity contribution is 5.93. The summed E-state index contributed by atoms with van der Waals surface area (Å²) in [6.45, 7) is 4.65. The fraction of sp³-hybridized carbons (Fsp3) is 0.267. The second kappa shape index (κ2) is 6.78. The molecular weight excluding hydrogens is 271 g/mol. The standard InChI is InChI=1S/C15H17FN4O/c1-10(2)7-17-14(21)11-8-18-15(19-9-11)20-13-5-3-12(16)4-6-13/h3-6,8-10H,7H2,1-2H3,(H,17,21)(H,18,19,20). The van der Waals surface area contributed by atoms with E-state index >= 15 is 0 Å². The Kier molecular flexibility index (Phi) is 4.81. The lowest BCUT2D eigenvalue weighted by molar-refractivity contribution is 0.0948. The summed E-state index contributed by atoms with van der Waals surface area (Å²) in [6, 6.07) is 5.86. The second-order valence-electron chi connectivity index (χ2n) is 5.03. The fourth-order valence-corrected chi connectivity index (χ4v) is 1.57. The van der Waals surface area contributed by atoms with E-state index in [2.05, 4.69) is 20.6 Å². The van der Waals surface area contributed by atoms with Crippen molar-refractivity contribution in [3.8, 4) is 0 Å². The van der Waals surface area contributed by atoms with E-state index in [4.69, 9.17) is 0 Å². The minimum absolute atomic E-state index is 0.197. The molecule has 0 unspecified atom stereocenters. The maximum atomic E-state index is 12.8. The molecule has 0 fully saturated rings. The molecule has 0 aliphatic rings. The summed E-state index contributed by atoms with van der Waals surface area (Å²) in [6.07, 6.45) is 2.91. The number of anilines is 2. The van der Waals surface area contributed by atoms with Gasteiger partial charge in [-0.3, -0.25) is 4.79 Å². The molecule has 1 amide bonds. The topological polar surface area (TPSA) is 66.9 Å². The molecule has 5 nitrogen and oxygen atoms in total. The highest BCUT2D eigenvalue weighted by Crippen LogP contribution is 2.13. The van der Waals surface area contributed by atoms with Gasteiger partial charge in [0.15, 0.2) is 0 Å². The average molecular weight is 288 g/mol. The molecule has 0 radical (unpaired) electrons. The molecule has 0 bridgehead atoms. The zero-order valence-electron chi connectivity index (χ0n) is 11.9.